The van der Waals surface area contributed by atoms with Gasteiger partial charge in [-0.1, -0.05) is 12.1 Å². The summed E-state index contributed by atoms with van der Waals surface area (Å²) in [5.41, 5.74) is 8.31. The highest BCUT2D eigenvalue weighted by atomic mass is 127. The number of methoxy groups -OCH3 is 2. The van der Waals surface area contributed by atoms with Gasteiger partial charge in [0.2, 0.25) is 5.95 Å². The van der Waals surface area contributed by atoms with E-state index in [9.17, 15) is 0 Å². The summed E-state index contributed by atoms with van der Waals surface area (Å²) in [5, 5.41) is 0.765. The van der Waals surface area contributed by atoms with Gasteiger partial charge in [0.25, 0.3) is 0 Å². The fourth-order valence-electron chi connectivity index (χ4n) is 3.66. The molecule has 0 radical (unpaired) electrons. The van der Waals surface area contributed by atoms with Gasteiger partial charge in [-0.05, 0) is 59.2 Å². The molecule has 3 aromatic rings. The van der Waals surface area contributed by atoms with Crippen molar-refractivity contribution >= 4 is 45.3 Å². The topological polar surface area (TPSA) is 73.5 Å². The van der Waals surface area contributed by atoms with Crippen LogP contribution in [0, 0.1) is 3.57 Å². The third kappa shape index (κ3) is 3.36. The van der Waals surface area contributed by atoms with Crippen molar-refractivity contribution in [2.24, 2.45) is 0 Å². The Morgan fingerprint density at radius 1 is 1.11 bits per heavy atom. The maximum atomic E-state index is 6.27. The fraction of sp³-hybridized carbons (Fsp3) is 0.300. The van der Waals surface area contributed by atoms with E-state index in [1.165, 1.54) is 9.13 Å². The minimum absolute atomic E-state index is 0.261. The lowest BCUT2D eigenvalue weighted by atomic mass is 10.1. The number of fused-ring (bicyclic) bond motifs is 1. The third-order valence-electron chi connectivity index (χ3n) is 4.96. The van der Waals surface area contributed by atoms with Gasteiger partial charge >= 0.3 is 0 Å². The Morgan fingerprint density at radius 3 is 2.63 bits per heavy atom. The van der Waals surface area contributed by atoms with E-state index in [-0.39, 0.29) is 6.04 Å². The number of nitrogens with two attached hydrogens (primary N) is 1. The zero-order valence-corrected chi connectivity index (χ0v) is 17.4. The molecule has 140 valence electrons. The standard InChI is InChI=1S/C20H21IN4O2/c1-26-17-10-14-15(11-18(17)27-2)23-20(24-19(14)22)25-8-4-7-16(25)12-5-3-6-13(21)9-12/h3,5-6,9-11,16H,4,7-8H2,1-2H3,(H2,22,23,24). The quantitative estimate of drug-likeness (QED) is 0.570. The molecule has 2 aromatic carbocycles. The summed E-state index contributed by atoms with van der Waals surface area (Å²) in [7, 11) is 3.22. The predicted molar refractivity (Wildman–Crippen MR) is 116 cm³/mol. The number of aromatic nitrogens is 2. The van der Waals surface area contributed by atoms with Crippen LogP contribution in [0.25, 0.3) is 10.9 Å². The van der Waals surface area contributed by atoms with Crippen LogP contribution in [0.5, 0.6) is 11.5 Å². The summed E-state index contributed by atoms with van der Waals surface area (Å²) in [6.07, 6.45) is 2.18. The highest BCUT2D eigenvalue weighted by Crippen LogP contribution is 2.38. The molecule has 1 saturated heterocycles. The van der Waals surface area contributed by atoms with Crippen molar-refractivity contribution in [2.75, 3.05) is 31.4 Å². The summed E-state index contributed by atoms with van der Waals surface area (Å²) >= 11 is 2.35. The number of rotatable bonds is 4. The van der Waals surface area contributed by atoms with E-state index in [0.29, 0.717) is 23.3 Å². The number of ether oxygens (including phenoxy) is 2. The molecule has 0 amide bonds. The first-order valence-corrected chi connectivity index (χ1v) is 9.90. The molecule has 1 aromatic heterocycles. The van der Waals surface area contributed by atoms with Gasteiger partial charge in [0.05, 0.1) is 25.8 Å². The molecule has 0 spiro atoms. The molecule has 7 heteroatoms. The smallest absolute Gasteiger partial charge is 0.228 e. The molecule has 0 bridgehead atoms. The first-order valence-electron chi connectivity index (χ1n) is 8.82. The Hall–Kier alpha value is -2.29. The highest BCUT2D eigenvalue weighted by Gasteiger charge is 2.29. The molecular weight excluding hydrogens is 455 g/mol. The molecule has 1 fully saturated rings. The number of hydrogen-bond donors (Lipinski definition) is 1. The molecule has 4 rings (SSSR count). The van der Waals surface area contributed by atoms with E-state index in [0.717, 1.165) is 30.3 Å². The van der Waals surface area contributed by atoms with Crippen LogP contribution >= 0.6 is 22.6 Å². The number of anilines is 2. The van der Waals surface area contributed by atoms with Gasteiger partial charge < -0.3 is 20.1 Å². The summed E-state index contributed by atoms with van der Waals surface area (Å²) in [5.74, 6) is 2.36. The minimum Gasteiger partial charge on any atom is -0.493 e. The van der Waals surface area contributed by atoms with Gasteiger partial charge in [-0.3, -0.25) is 0 Å². The molecule has 0 saturated carbocycles. The lowest BCUT2D eigenvalue weighted by molar-refractivity contribution is 0.356. The van der Waals surface area contributed by atoms with Crippen molar-refractivity contribution in [3.05, 3.63) is 45.5 Å². The van der Waals surface area contributed by atoms with Gasteiger partial charge in [0.15, 0.2) is 11.5 Å². The molecule has 1 aliphatic rings. The molecule has 1 unspecified atom stereocenters. The van der Waals surface area contributed by atoms with E-state index >= 15 is 0 Å². The monoisotopic (exact) mass is 476 g/mol. The van der Waals surface area contributed by atoms with Crippen LogP contribution in [0.3, 0.4) is 0 Å². The van der Waals surface area contributed by atoms with Crippen molar-refractivity contribution in [3.8, 4) is 11.5 Å². The Balaban J connectivity index is 1.78. The average molecular weight is 476 g/mol. The number of nitrogen functional groups attached to an aromatic ring is 1. The van der Waals surface area contributed by atoms with E-state index in [2.05, 4.69) is 56.7 Å². The molecule has 0 aliphatic carbocycles. The summed E-state index contributed by atoms with van der Waals surface area (Å²) in [6.45, 7) is 0.911. The van der Waals surface area contributed by atoms with Gasteiger partial charge in [-0.2, -0.15) is 4.98 Å². The van der Waals surface area contributed by atoms with Crippen LogP contribution in [0.4, 0.5) is 11.8 Å². The van der Waals surface area contributed by atoms with Crippen molar-refractivity contribution in [3.63, 3.8) is 0 Å². The van der Waals surface area contributed by atoms with Crippen LogP contribution < -0.4 is 20.1 Å². The van der Waals surface area contributed by atoms with Gasteiger partial charge in [0.1, 0.15) is 5.82 Å². The van der Waals surface area contributed by atoms with Crippen LogP contribution in [0.1, 0.15) is 24.4 Å². The van der Waals surface area contributed by atoms with E-state index in [1.807, 2.05) is 12.1 Å². The predicted octanol–water partition coefficient (Wildman–Crippen LogP) is 4.18. The molecule has 1 atom stereocenters. The molecule has 2 N–H and O–H groups in total. The van der Waals surface area contributed by atoms with Crippen LogP contribution in [-0.2, 0) is 0 Å². The van der Waals surface area contributed by atoms with Crippen molar-refractivity contribution in [1.82, 2.24) is 9.97 Å². The Bertz CT molecular complexity index is 995. The van der Waals surface area contributed by atoms with E-state index in [4.69, 9.17) is 20.2 Å². The second kappa shape index (κ2) is 7.38. The van der Waals surface area contributed by atoms with Gasteiger partial charge in [-0.25, -0.2) is 4.98 Å². The lowest BCUT2D eigenvalue weighted by Crippen LogP contribution is -2.25. The van der Waals surface area contributed by atoms with Crippen molar-refractivity contribution < 1.29 is 9.47 Å². The second-order valence-corrected chi connectivity index (χ2v) is 7.79. The normalized spacial score (nSPS) is 16.7. The minimum atomic E-state index is 0.261. The molecule has 27 heavy (non-hydrogen) atoms. The summed E-state index contributed by atoms with van der Waals surface area (Å²) in [4.78, 5) is 11.7. The largest absolute Gasteiger partial charge is 0.493 e. The maximum absolute atomic E-state index is 6.27. The Labute approximate surface area is 171 Å². The number of hydrogen-bond acceptors (Lipinski definition) is 6. The van der Waals surface area contributed by atoms with Crippen molar-refractivity contribution in [2.45, 2.75) is 18.9 Å². The first-order chi connectivity index (χ1) is 13.1. The van der Waals surface area contributed by atoms with Gasteiger partial charge in [0, 0.05) is 21.6 Å². The molecular formula is C20H21IN4O2. The number of benzene rings is 2. The SMILES string of the molecule is COc1cc2nc(N3CCCC3c3cccc(I)c3)nc(N)c2cc1OC. The number of nitrogens with zero attached hydrogens (tertiary/aromatic N) is 3. The van der Waals surface area contributed by atoms with E-state index < -0.39 is 0 Å². The van der Waals surface area contributed by atoms with E-state index in [1.54, 1.807) is 14.2 Å². The Kier molecular flexibility index (Phi) is 4.94. The second-order valence-electron chi connectivity index (χ2n) is 6.54. The van der Waals surface area contributed by atoms with Crippen LogP contribution in [-0.4, -0.2) is 30.7 Å². The Morgan fingerprint density at radius 2 is 1.89 bits per heavy atom. The first kappa shape index (κ1) is 18.1. The molecule has 1 aliphatic heterocycles. The number of halogens is 1. The zero-order chi connectivity index (χ0) is 19.0. The van der Waals surface area contributed by atoms with Crippen LogP contribution in [0.2, 0.25) is 0 Å². The zero-order valence-electron chi connectivity index (χ0n) is 15.3. The highest BCUT2D eigenvalue weighted by molar-refractivity contribution is 14.1. The summed E-state index contributed by atoms with van der Waals surface area (Å²) in [6, 6.07) is 12.5. The lowest BCUT2D eigenvalue weighted by Gasteiger charge is -2.26. The van der Waals surface area contributed by atoms with Gasteiger partial charge in [-0.15, -0.1) is 0 Å². The van der Waals surface area contributed by atoms with Crippen molar-refractivity contribution in [1.29, 1.82) is 0 Å². The third-order valence-corrected chi connectivity index (χ3v) is 5.63. The average Bonchev–Trinajstić information content (AvgIpc) is 3.17. The molecule has 6 nitrogen and oxygen atoms in total. The van der Waals surface area contributed by atoms with Crippen LogP contribution in [0.15, 0.2) is 36.4 Å². The molecule has 2 heterocycles. The fourth-order valence-corrected chi connectivity index (χ4v) is 4.23. The summed E-state index contributed by atoms with van der Waals surface area (Å²) < 4.78 is 12.0. The maximum Gasteiger partial charge on any atom is 0.228 e.